The number of hydrogen-bond acceptors (Lipinski definition) is 7. The molecule has 5 rings (SSSR count). The quantitative estimate of drug-likeness (QED) is 0.345. The fourth-order valence-electron chi connectivity index (χ4n) is 4.16. The van der Waals surface area contributed by atoms with Crippen molar-refractivity contribution < 1.29 is 41.3 Å². The van der Waals surface area contributed by atoms with Gasteiger partial charge >= 0.3 is 12.1 Å². The van der Waals surface area contributed by atoms with Gasteiger partial charge in [0.2, 0.25) is 0 Å². The van der Waals surface area contributed by atoms with Crippen LogP contribution in [0.3, 0.4) is 0 Å². The summed E-state index contributed by atoms with van der Waals surface area (Å²) in [6, 6.07) is 2.28. The van der Waals surface area contributed by atoms with Gasteiger partial charge in [0.1, 0.15) is 28.1 Å². The van der Waals surface area contributed by atoms with Crippen molar-refractivity contribution in [2.75, 3.05) is 26.3 Å². The van der Waals surface area contributed by atoms with Gasteiger partial charge in [0.05, 0.1) is 18.3 Å². The topological polar surface area (TPSA) is 123 Å². The van der Waals surface area contributed by atoms with Gasteiger partial charge < -0.3 is 19.6 Å². The van der Waals surface area contributed by atoms with E-state index in [4.69, 9.17) is 36.0 Å². The van der Waals surface area contributed by atoms with Crippen LogP contribution in [-0.2, 0) is 9.53 Å². The zero-order valence-corrected chi connectivity index (χ0v) is 21.1. The fourth-order valence-corrected chi connectivity index (χ4v) is 4.36. The van der Waals surface area contributed by atoms with Gasteiger partial charge in [-0.2, -0.15) is 18.3 Å². The smallest absolute Gasteiger partial charge is 0.486 e. The second-order valence-corrected chi connectivity index (χ2v) is 9.35. The fraction of sp³-hybridized carbons (Fsp3) is 0.478. The number of nitrogens with one attached hydrogen (secondary N) is 1. The van der Waals surface area contributed by atoms with E-state index in [1.165, 1.54) is 6.07 Å². The Balaban J connectivity index is 0.000000448. The highest BCUT2D eigenvalue weighted by Gasteiger charge is 2.38. The molecule has 0 spiro atoms. The minimum absolute atomic E-state index is 0.108. The molecule has 0 amide bonds. The first-order valence-corrected chi connectivity index (χ1v) is 12.1. The Labute approximate surface area is 222 Å². The number of hydrogen-bond donors (Lipinski definition) is 2. The maximum absolute atomic E-state index is 13.6. The largest absolute Gasteiger partial charge is 0.490 e. The number of fused-ring (bicyclic) bond motifs is 1. The molecular weight excluding hydrogens is 557 g/mol. The molecule has 4 heterocycles. The highest BCUT2D eigenvalue weighted by Crippen LogP contribution is 2.33. The normalized spacial score (nSPS) is 17.8. The van der Waals surface area contributed by atoms with Crippen LogP contribution < -0.4 is 10.3 Å². The Morgan fingerprint density at radius 1 is 1.26 bits per heavy atom. The van der Waals surface area contributed by atoms with Crippen LogP contribution in [0.15, 0.2) is 23.1 Å². The number of nitrogens with zero attached hydrogens (tertiary/aromatic N) is 4. The number of likely N-dealkylation sites (tertiary alicyclic amines) is 1. The van der Waals surface area contributed by atoms with E-state index in [9.17, 15) is 26.7 Å². The summed E-state index contributed by atoms with van der Waals surface area (Å²) in [4.78, 5) is 31.2. The Kier molecular flexibility index (Phi) is 8.42. The predicted octanol–water partition coefficient (Wildman–Crippen LogP) is 3.86. The minimum atomic E-state index is -5.08. The third-order valence-electron chi connectivity index (χ3n) is 6.37. The van der Waals surface area contributed by atoms with Gasteiger partial charge in [0, 0.05) is 26.3 Å². The molecule has 2 saturated heterocycles. The molecule has 16 heteroatoms. The average molecular weight is 580 g/mol. The molecule has 2 aliphatic rings. The maximum atomic E-state index is 13.6. The van der Waals surface area contributed by atoms with Crippen LogP contribution in [0.5, 0.6) is 5.75 Å². The number of halogens is 6. The molecule has 0 bridgehead atoms. The van der Waals surface area contributed by atoms with Crippen LogP contribution in [0.4, 0.5) is 22.0 Å². The van der Waals surface area contributed by atoms with E-state index in [1.54, 1.807) is 6.20 Å². The lowest BCUT2D eigenvalue weighted by Crippen LogP contribution is -2.54. The number of carboxylic acids is 1. The van der Waals surface area contributed by atoms with E-state index >= 15 is 0 Å². The third-order valence-corrected chi connectivity index (χ3v) is 6.73. The van der Waals surface area contributed by atoms with Crippen LogP contribution in [0, 0.1) is 11.6 Å². The number of benzene rings is 1. The Morgan fingerprint density at radius 3 is 2.51 bits per heavy atom. The van der Waals surface area contributed by atoms with Gasteiger partial charge in [-0.25, -0.2) is 23.2 Å². The van der Waals surface area contributed by atoms with Crippen LogP contribution >= 0.6 is 11.6 Å². The van der Waals surface area contributed by atoms with Crippen molar-refractivity contribution in [3.8, 4) is 5.75 Å². The number of alkyl halides is 3. The van der Waals surface area contributed by atoms with E-state index in [0.29, 0.717) is 43.2 Å². The summed E-state index contributed by atoms with van der Waals surface area (Å²) in [6.07, 6.45) is -2.10. The molecule has 2 fully saturated rings. The first-order valence-electron chi connectivity index (χ1n) is 11.8. The molecule has 1 atom stereocenters. The van der Waals surface area contributed by atoms with Gasteiger partial charge in [-0.1, -0.05) is 11.6 Å². The molecule has 1 unspecified atom stereocenters. The van der Waals surface area contributed by atoms with Crippen molar-refractivity contribution in [3.05, 3.63) is 51.2 Å². The monoisotopic (exact) mass is 579 g/mol. The molecule has 2 aliphatic heterocycles. The van der Waals surface area contributed by atoms with Gasteiger partial charge in [0.25, 0.3) is 5.56 Å². The highest BCUT2D eigenvalue weighted by atomic mass is 35.5. The lowest BCUT2D eigenvalue weighted by Gasteiger charge is -2.42. The molecular formula is C23H23ClF5N5O5. The molecule has 1 aromatic carbocycles. The number of H-pyrrole nitrogens is 1. The lowest BCUT2D eigenvalue weighted by atomic mass is 10.1. The molecule has 39 heavy (non-hydrogen) atoms. The van der Waals surface area contributed by atoms with Crippen molar-refractivity contribution in [1.82, 2.24) is 24.6 Å². The van der Waals surface area contributed by atoms with E-state index in [0.717, 1.165) is 18.9 Å². The SMILES string of the molecule is CC(c1nc2c(cnn2C2CCOCC2)c(=O)[nH]1)N1CC(Oc2ccc(F)c(F)c2Cl)C1.O=C(O)C(F)(F)F. The van der Waals surface area contributed by atoms with Crippen LogP contribution in [0.1, 0.15) is 37.7 Å². The molecule has 0 radical (unpaired) electrons. The molecule has 10 nitrogen and oxygen atoms in total. The summed E-state index contributed by atoms with van der Waals surface area (Å²) in [5.41, 5.74) is 0.349. The van der Waals surface area contributed by atoms with Crippen molar-refractivity contribution >= 4 is 28.6 Å². The molecule has 0 saturated carbocycles. The summed E-state index contributed by atoms with van der Waals surface area (Å²) < 4.78 is 71.6. The molecule has 2 aromatic heterocycles. The van der Waals surface area contributed by atoms with Gasteiger partial charge in [-0.3, -0.25) is 9.69 Å². The van der Waals surface area contributed by atoms with Crippen molar-refractivity contribution in [2.24, 2.45) is 0 Å². The van der Waals surface area contributed by atoms with Crippen LogP contribution in [-0.4, -0.2) is 74.3 Å². The van der Waals surface area contributed by atoms with Crippen LogP contribution in [0.25, 0.3) is 11.0 Å². The summed E-state index contributed by atoms with van der Waals surface area (Å²) >= 11 is 5.84. The van der Waals surface area contributed by atoms with Crippen LogP contribution in [0.2, 0.25) is 5.02 Å². The molecule has 0 aliphatic carbocycles. The minimum Gasteiger partial charge on any atom is -0.486 e. The number of aliphatic carboxylic acids is 1. The predicted molar refractivity (Wildman–Crippen MR) is 127 cm³/mol. The molecule has 3 aromatic rings. The molecule has 2 N–H and O–H groups in total. The van der Waals surface area contributed by atoms with Crippen molar-refractivity contribution in [1.29, 1.82) is 0 Å². The summed E-state index contributed by atoms with van der Waals surface area (Å²) in [5, 5.41) is 11.6. The van der Waals surface area contributed by atoms with Gasteiger partial charge in [-0.15, -0.1) is 0 Å². The summed E-state index contributed by atoms with van der Waals surface area (Å²) in [5.74, 6) is -4.24. The maximum Gasteiger partial charge on any atom is 0.490 e. The standard InChI is InChI=1S/C21H22ClF2N5O3.C2HF3O2/c1-11(28-9-13(10-28)32-16-3-2-15(23)18(24)17(16)22)19-26-20-14(21(30)27-19)8-25-29(20)12-4-6-31-7-5-12;3-2(4,5)1(6)7/h2-3,8,11-13H,4-7,9-10H2,1H3,(H,26,27,30);(H,6,7). The second kappa shape index (κ2) is 11.4. The van der Waals surface area contributed by atoms with Gasteiger partial charge in [-0.05, 0) is 31.9 Å². The Morgan fingerprint density at radius 2 is 1.90 bits per heavy atom. The number of aromatic nitrogens is 4. The first kappa shape index (κ1) is 28.7. The third kappa shape index (κ3) is 6.31. The Hall–Kier alpha value is -3.30. The van der Waals surface area contributed by atoms with Crippen molar-refractivity contribution in [2.45, 2.75) is 44.1 Å². The zero-order valence-electron chi connectivity index (χ0n) is 20.3. The average Bonchev–Trinajstić information content (AvgIpc) is 3.30. The number of carbonyl (C=O) groups is 1. The number of aromatic amines is 1. The van der Waals surface area contributed by atoms with E-state index in [2.05, 4.69) is 15.0 Å². The van der Waals surface area contributed by atoms with E-state index in [-0.39, 0.29) is 34.5 Å². The zero-order chi connectivity index (χ0) is 28.5. The summed E-state index contributed by atoms with van der Waals surface area (Å²) in [7, 11) is 0. The van der Waals surface area contributed by atoms with Gasteiger partial charge in [0.15, 0.2) is 17.3 Å². The Bertz CT molecular complexity index is 1400. The summed E-state index contributed by atoms with van der Waals surface area (Å²) in [6.45, 7) is 4.32. The first-order chi connectivity index (χ1) is 18.4. The van der Waals surface area contributed by atoms with E-state index in [1.807, 2.05) is 11.6 Å². The number of rotatable bonds is 5. The highest BCUT2D eigenvalue weighted by molar-refractivity contribution is 6.32. The van der Waals surface area contributed by atoms with Crippen molar-refractivity contribution in [3.63, 3.8) is 0 Å². The number of ether oxygens (including phenoxy) is 2. The second-order valence-electron chi connectivity index (χ2n) is 8.97. The number of carboxylic acid groups (broad SMARTS) is 1. The lowest BCUT2D eigenvalue weighted by molar-refractivity contribution is -0.192. The van der Waals surface area contributed by atoms with E-state index < -0.39 is 23.8 Å². The molecule has 212 valence electrons.